The van der Waals surface area contributed by atoms with Gasteiger partial charge in [0.15, 0.2) is 5.78 Å². The number of allylic oxidation sites excluding steroid dienone is 4. The Kier molecular flexibility index (Phi) is 4.96. The minimum Gasteiger partial charge on any atom is -0.385 e. The van der Waals surface area contributed by atoms with Gasteiger partial charge >= 0.3 is 0 Å². The quantitative estimate of drug-likeness (QED) is 0.644. The van der Waals surface area contributed by atoms with Crippen molar-refractivity contribution in [1.82, 2.24) is 0 Å². The Labute approximate surface area is 180 Å². The van der Waals surface area contributed by atoms with E-state index in [1.54, 1.807) is 5.57 Å². The maximum Gasteiger partial charge on any atom is 0.156 e. The van der Waals surface area contributed by atoms with Crippen LogP contribution in [-0.2, 0) is 11.2 Å². The molecule has 1 aromatic carbocycles. The molecular weight excluding hydrogens is 368 g/mol. The molecule has 2 fully saturated rings. The third kappa shape index (κ3) is 3.18. The van der Waals surface area contributed by atoms with E-state index in [-0.39, 0.29) is 5.41 Å². The van der Waals surface area contributed by atoms with Gasteiger partial charge in [-0.25, -0.2) is 0 Å². The summed E-state index contributed by atoms with van der Waals surface area (Å²) in [6, 6.07) is 10.4. The first-order valence-electron chi connectivity index (χ1n) is 11.6. The summed E-state index contributed by atoms with van der Waals surface area (Å²) in [5, 5.41) is 11.7. The van der Waals surface area contributed by atoms with Gasteiger partial charge in [0.05, 0.1) is 5.60 Å². The number of hydrogen-bond acceptors (Lipinski definition) is 2. The summed E-state index contributed by atoms with van der Waals surface area (Å²) in [6.45, 7) is 2.32. The lowest BCUT2D eigenvalue weighted by Crippen LogP contribution is -2.48. The number of ketones is 1. The van der Waals surface area contributed by atoms with E-state index in [9.17, 15) is 9.90 Å². The summed E-state index contributed by atoms with van der Waals surface area (Å²) in [7, 11) is 0. The minimum atomic E-state index is -0.764. The first-order chi connectivity index (χ1) is 14.5. The van der Waals surface area contributed by atoms with Crippen LogP contribution in [-0.4, -0.2) is 16.5 Å². The number of hydrogen-bond donors (Lipinski definition) is 1. The number of benzene rings is 1. The number of carbonyl (C=O) groups is 1. The van der Waals surface area contributed by atoms with Crippen molar-refractivity contribution in [2.24, 2.45) is 17.3 Å². The van der Waals surface area contributed by atoms with Crippen molar-refractivity contribution in [1.29, 1.82) is 0 Å². The summed E-state index contributed by atoms with van der Waals surface area (Å²) in [4.78, 5) is 11.9. The molecule has 0 radical (unpaired) electrons. The largest absolute Gasteiger partial charge is 0.385 e. The van der Waals surface area contributed by atoms with Crippen LogP contribution < -0.4 is 0 Å². The number of aliphatic hydroxyl groups is 1. The highest BCUT2D eigenvalue weighted by molar-refractivity contribution is 5.93. The summed E-state index contributed by atoms with van der Waals surface area (Å²) >= 11 is 0. The molecule has 2 nitrogen and oxygen atoms in total. The molecule has 30 heavy (non-hydrogen) atoms. The molecule has 2 saturated carbocycles. The van der Waals surface area contributed by atoms with Gasteiger partial charge < -0.3 is 5.11 Å². The molecule has 2 heteroatoms. The number of rotatable bonds is 3. The summed E-state index contributed by atoms with van der Waals surface area (Å²) in [5.41, 5.74) is 8.20. The Morgan fingerprint density at radius 2 is 1.93 bits per heavy atom. The zero-order chi connectivity index (χ0) is 20.8. The first kappa shape index (κ1) is 19.8. The average Bonchev–Trinajstić information content (AvgIpc) is 3.03. The highest BCUT2D eigenvalue weighted by atomic mass is 16.3. The SMILES string of the molecule is CC12CCC3=C4CCC(=O)C=C4CCC3C1CCC2(O)C=C=CCc1ccccc1. The molecule has 4 atom stereocenters. The van der Waals surface area contributed by atoms with Crippen LogP contribution in [0, 0.1) is 17.3 Å². The fourth-order valence-corrected chi connectivity index (χ4v) is 6.81. The molecule has 4 unspecified atom stereocenters. The van der Waals surface area contributed by atoms with Gasteiger partial charge in [-0.05, 0) is 98.1 Å². The van der Waals surface area contributed by atoms with E-state index in [4.69, 9.17) is 0 Å². The summed E-state index contributed by atoms with van der Waals surface area (Å²) < 4.78 is 0. The highest BCUT2D eigenvalue weighted by Gasteiger charge is 2.59. The van der Waals surface area contributed by atoms with Gasteiger partial charge in [0.25, 0.3) is 0 Å². The molecule has 0 bridgehead atoms. The smallest absolute Gasteiger partial charge is 0.156 e. The van der Waals surface area contributed by atoms with Crippen LogP contribution in [0.1, 0.15) is 63.9 Å². The fraction of sp³-hybridized carbons (Fsp3) is 0.500. The predicted octanol–water partition coefficient (Wildman–Crippen LogP) is 5.88. The fourth-order valence-electron chi connectivity index (χ4n) is 6.81. The Bertz CT molecular complexity index is 975. The third-order valence-corrected chi connectivity index (χ3v) is 8.57. The molecule has 0 aliphatic heterocycles. The lowest BCUT2D eigenvalue weighted by Gasteiger charge is -2.51. The van der Waals surface area contributed by atoms with Crippen molar-refractivity contribution >= 4 is 5.78 Å². The normalized spacial score (nSPS) is 35.0. The summed E-state index contributed by atoms with van der Waals surface area (Å²) in [6.07, 6.45) is 14.6. The van der Waals surface area contributed by atoms with Crippen LogP contribution in [0.5, 0.6) is 0 Å². The number of fused-ring (bicyclic) bond motifs is 4. The maximum atomic E-state index is 11.9. The zero-order valence-electron chi connectivity index (χ0n) is 18.0. The predicted molar refractivity (Wildman–Crippen MR) is 120 cm³/mol. The van der Waals surface area contributed by atoms with E-state index in [0.29, 0.717) is 24.0 Å². The third-order valence-electron chi connectivity index (χ3n) is 8.57. The van der Waals surface area contributed by atoms with Crippen LogP contribution >= 0.6 is 0 Å². The summed E-state index contributed by atoms with van der Waals surface area (Å²) in [5.74, 6) is 1.42. The molecule has 0 amide bonds. The molecule has 0 spiro atoms. The van der Waals surface area contributed by atoms with Crippen LogP contribution in [0.25, 0.3) is 0 Å². The van der Waals surface area contributed by atoms with Gasteiger partial charge in [0, 0.05) is 11.8 Å². The van der Waals surface area contributed by atoms with Crippen LogP contribution in [0.4, 0.5) is 0 Å². The maximum absolute atomic E-state index is 11.9. The van der Waals surface area contributed by atoms with Crippen molar-refractivity contribution in [2.75, 3.05) is 0 Å². The van der Waals surface area contributed by atoms with Crippen LogP contribution in [0.15, 0.2) is 71.0 Å². The van der Waals surface area contributed by atoms with Gasteiger partial charge in [-0.1, -0.05) is 42.8 Å². The van der Waals surface area contributed by atoms with E-state index in [1.165, 1.54) is 16.7 Å². The molecule has 4 aliphatic carbocycles. The second-order valence-corrected chi connectivity index (χ2v) is 9.98. The van der Waals surface area contributed by atoms with Gasteiger partial charge in [-0.15, -0.1) is 5.73 Å². The first-order valence-corrected chi connectivity index (χ1v) is 11.6. The topological polar surface area (TPSA) is 37.3 Å². The van der Waals surface area contributed by atoms with E-state index < -0.39 is 5.60 Å². The van der Waals surface area contributed by atoms with Crippen LogP contribution in [0.2, 0.25) is 0 Å². The van der Waals surface area contributed by atoms with Crippen molar-refractivity contribution in [3.05, 3.63) is 76.6 Å². The average molecular weight is 401 g/mol. The molecule has 1 N–H and O–H groups in total. The molecule has 0 heterocycles. The van der Waals surface area contributed by atoms with Crippen molar-refractivity contribution in [2.45, 2.75) is 70.3 Å². The van der Waals surface area contributed by atoms with E-state index in [2.05, 4.69) is 43.0 Å². The Balaban J connectivity index is 1.39. The molecule has 0 aromatic heterocycles. The number of carbonyl (C=O) groups excluding carboxylic acids is 1. The van der Waals surface area contributed by atoms with Gasteiger partial charge in [0.1, 0.15) is 0 Å². The Morgan fingerprint density at radius 3 is 2.77 bits per heavy atom. The van der Waals surface area contributed by atoms with E-state index >= 15 is 0 Å². The van der Waals surface area contributed by atoms with E-state index in [0.717, 1.165) is 51.4 Å². The Morgan fingerprint density at radius 1 is 1.10 bits per heavy atom. The minimum absolute atomic E-state index is 0.0823. The molecule has 156 valence electrons. The second kappa shape index (κ2) is 7.52. The molecule has 1 aromatic rings. The molecule has 5 rings (SSSR count). The second-order valence-electron chi connectivity index (χ2n) is 9.98. The molecule has 4 aliphatic rings. The molecule has 0 saturated heterocycles. The van der Waals surface area contributed by atoms with Gasteiger partial charge in [-0.2, -0.15) is 0 Å². The standard InChI is InChI=1S/C28H32O2/c1-27-17-14-24-23-13-11-22(29)19-21(23)10-12-25(24)26(27)15-18-28(27,30)16-6-5-9-20-7-3-2-4-8-20/h2-5,7-8,16,19,25-26,30H,9-15,17-18H2,1H3. The lowest BCUT2D eigenvalue weighted by atomic mass is 9.55. The molecular formula is C28H32O2. The van der Waals surface area contributed by atoms with E-state index in [1.807, 2.05) is 18.2 Å². The van der Waals surface area contributed by atoms with Crippen LogP contribution in [0.3, 0.4) is 0 Å². The van der Waals surface area contributed by atoms with Crippen molar-refractivity contribution in [3.8, 4) is 0 Å². The lowest BCUT2D eigenvalue weighted by molar-refractivity contribution is -0.114. The highest BCUT2D eigenvalue weighted by Crippen LogP contribution is 2.63. The van der Waals surface area contributed by atoms with Gasteiger partial charge in [-0.3, -0.25) is 4.79 Å². The van der Waals surface area contributed by atoms with Gasteiger partial charge in [0.2, 0.25) is 0 Å². The zero-order valence-corrected chi connectivity index (χ0v) is 18.0. The van der Waals surface area contributed by atoms with Crippen molar-refractivity contribution < 1.29 is 9.90 Å². The van der Waals surface area contributed by atoms with Crippen molar-refractivity contribution in [3.63, 3.8) is 0 Å². The monoisotopic (exact) mass is 400 g/mol. The Hall–Kier alpha value is -2.15.